The van der Waals surface area contributed by atoms with Crippen molar-refractivity contribution in [3.8, 4) is 17.1 Å². The van der Waals surface area contributed by atoms with E-state index in [1.54, 1.807) is 29.1 Å². The molecule has 0 bridgehead atoms. The second-order valence-electron chi connectivity index (χ2n) is 4.86. The molecule has 3 aromatic rings. The van der Waals surface area contributed by atoms with Gasteiger partial charge in [-0.1, -0.05) is 12.1 Å². The van der Waals surface area contributed by atoms with Crippen LogP contribution in [0.3, 0.4) is 0 Å². The van der Waals surface area contributed by atoms with Crippen LogP contribution in [0.2, 0.25) is 0 Å². The van der Waals surface area contributed by atoms with E-state index < -0.39 is 0 Å². The number of carbonyl (C=O) groups excluding carboxylic acids is 1. The van der Waals surface area contributed by atoms with E-state index in [0.29, 0.717) is 11.7 Å². The monoisotopic (exact) mass is 329 g/mol. The van der Waals surface area contributed by atoms with Crippen molar-refractivity contribution in [3.05, 3.63) is 47.5 Å². The van der Waals surface area contributed by atoms with Crippen molar-refractivity contribution in [2.24, 2.45) is 7.05 Å². The van der Waals surface area contributed by atoms with Crippen LogP contribution in [-0.2, 0) is 13.6 Å². The fourth-order valence-electron chi connectivity index (χ4n) is 2.06. The van der Waals surface area contributed by atoms with E-state index in [0.717, 1.165) is 17.0 Å². The summed E-state index contributed by atoms with van der Waals surface area (Å²) < 4.78 is 1.72. The third-order valence-corrected chi connectivity index (χ3v) is 3.93. The molecule has 0 aliphatic heterocycles. The van der Waals surface area contributed by atoms with Gasteiger partial charge in [0, 0.05) is 25.2 Å². The van der Waals surface area contributed by atoms with Crippen LogP contribution in [0.15, 0.2) is 41.9 Å². The topological polar surface area (TPSA) is 92.1 Å². The number of anilines is 1. The lowest BCUT2D eigenvalue weighted by Crippen LogP contribution is -2.28. The lowest BCUT2D eigenvalue weighted by Gasteiger charge is -2.05. The molecule has 0 fully saturated rings. The Kier molecular flexibility index (Phi) is 4.24. The largest absolute Gasteiger partial charge is 0.508 e. The summed E-state index contributed by atoms with van der Waals surface area (Å²) in [6, 6.07) is 8.25. The molecule has 1 aromatic carbocycles. The molecule has 2 aromatic heterocycles. The molecule has 0 unspecified atom stereocenters. The van der Waals surface area contributed by atoms with Gasteiger partial charge in [-0.2, -0.15) is 5.10 Å². The van der Waals surface area contributed by atoms with Crippen molar-refractivity contribution in [1.82, 2.24) is 20.1 Å². The number of hydrogen-bond donors (Lipinski definition) is 3. The number of carbonyl (C=O) groups is 1. The molecule has 2 heterocycles. The van der Waals surface area contributed by atoms with Gasteiger partial charge in [-0.25, -0.2) is 9.78 Å². The van der Waals surface area contributed by atoms with Crippen LogP contribution in [0.1, 0.15) is 5.56 Å². The number of aromatic hydroxyl groups is 1. The maximum absolute atomic E-state index is 11.9. The highest BCUT2D eigenvalue weighted by Crippen LogP contribution is 2.24. The minimum Gasteiger partial charge on any atom is -0.508 e. The Morgan fingerprint density at radius 3 is 3.00 bits per heavy atom. The van der Waals surface area contributed by atoms with Crippen molar-refractivity contribution in [2.45, 2.75) is 6.54 Å². The first-order valence-corrected chi connectivity index (χ1v) is 7.76. The van der Waals surface area contributed by atoms with Crippen LogP contribution >= 0.6 is 11.3 Å². The molecule has 2 amide bonds. The van der Waals surface area contributed by atoms with Crippen molar-refractivity contribution in [1.29, 1.82) is 0 Å². The Bertz CT molecular complexity index is 827. The predicted octanol–water partition coefficient (Wildman–Crippen LogP) is 2.57. The Labute approximate surface area is 136 Å². The Morgan fingerprint density at radius 1 is 1.39 bits per heavy atom. The first-order chi connectivity index (χ1) is 11.1. The lowest BCUT2D eigenvalue weighted by atomic mass is 10.2. The first kappa shape index (κ1) is 15.0. The van der Waals surface area contributed by atoms with E-state index in [9.17, 15) is 9.90 Å². The summed E-state index contributed by atoms with van der Waals surface area (Å²) in [6.45, 7) is 0.320. The Morgan fingerprint density at radius 2 is 2.26 bits per heavy atom. The number of rotatable bonds is 4. The molecule has 0 saturated carbocycles. The Hall–Kier alpha value is -2.87. The summed E-state index contributed by atoms with van der Waals surface area (Å²) in [5.41, 5.74) is 2.46. The number of hydrogen-bond acceptors (Lipinski definition) is 5. The maximum Gasteiger partial charge on any atom is 0.321 e. The summed E-state index contributed by atoms with van der Waals surface area (Å²) in [7, 11) is 1.84. The number of phenols is 1. The number of thiazole rings is 1. The van der Waals surface area contributed by atoms with Crippen LogP contribution in [-0.4, -0.2) is 25.9 Å². The number of aromatic nitrogens is 3. The zero-order valence-corrected chi connectivity index (χ0v) is 13.2. The molecule has 0 spiro atoms. The normalized spacial score (nSPS) is 10.5. The molecule has 0 atom stereocenters. The van der Waals surface area contributed by atoms with Gasteiger partial charge < -0.3 is 10.4 Å². The van der Waals surface area contributed by atoms with Crippen LogP contribution in [0.5, 0.6) is 5.75 Å². The number of amides is 2. The molecule has 118 valence electrons. The van der Waals surface area contributed by atoms with E-state index in [4.69, 9.17) is 0 Å². The average Bonchev–Trinajstić information content (AvgIpc) is 3.14. The van der Waals surface area contributed by atoms with Gasteiger partial charge in [0.15, 0.2) is 5.13 Å². The molecule has 3 rings (SSSR count). The van der Waals surface area contributed by atoms with E-state index >= 15 is 0 Å². The summed E-state index contributed by atoms with van der Waals surface area (Å²) in [5.74, 6) is 0.172. The number of urea groups is 1. The van der Waals surface area contributed by atoms with Gasteiger partial charge in [-0.3, -0.25) is 10.00 Å². The number of nitrogens with one attached hydrogen (secondary N) is 2. The first-order valence-electron chi connectivity index (χ1n) is 6.88. The highest BCUT2D eigenvalue weighted by molar-refractivity contribution is 7.14. The predicted molar refractivity (Wildman–Crippen MR) is 88.3 cm³/mol. The van der Waals surface area contributed by atoms with Crippen molar-refractivity contribution in [3.63, 3.8) is 0 Å². The van der Waals surface area contributed by atoms with E-state index in [-0.39, 0.29) is 11.8 Å². The summed E-state index contributed by atoms with van der Waals surface area (Å²) in [4.78, 5) is 16.3. The third kappa shape index (κ3) is 3.67. The van der Waals surface area contributed by atoms with Gasteiger partial charge in [-0.15, -0.1) is 11.3 Å². The number of aryl methyl sites for hydroxylation is 1. The molecule has 3 N–H and O–H groups in total. The second kappa shape index (κ2) is 6.49. The fourth-order valence-corrected chi connectivity index (χ4v) is 2.76. The van der Waals surface area contributed by atoms with Gasteiger partial charge in [-0.05, 0) is 23.8 Å². The molecule has 8 heteroatoms. The molecule has 0 aliphatic carbocycles. The van der Waals surface area contributed by atoms with Crippen molar-refractivity contribution < 1.29 is 9.90 Å². The van der Waals surface area contributed by atoms with Crippen LogP contribution in [0.4, 0.5) is 9.93 Å². The van der Waals surface area contributed by atoms with Gasteiger partial charge in [0.25, 0.3) is 0 Å². The summed E-state index contributed by atoms with van der Waals surface area (Å²) in [6.07, 6.45) is 1.70. The number of phenolic OH excluding ortho intramolecular Hbond substituents is 1. The van der Waals surface area contributed by atoms with E-state index in [2.05, 4.69) is 20.7 Å². The summed E-state index contributed by atoms with van der Waals surface area (Å²) in [5, 5.41) is 21.3. The zero-order chi connectivity index (χ0) is 16.2. The standard InChI is InChI=1S/C15H15N5O2S/c1-20-13(5-6-17-20)12-9-23-15(18-12)19-14(22)16-8-10-3-2-4-11(21)7-10/h2-7,9,21H,8H2,1H3,(H2,16,18,19,22). The maximum atomic E-state index is 11.9. The molecular formula is C15H15N5O2S. The van der Waals surface area contributed by atoms with Crippen LogP contribution in [0.25, 0.3) is 11.4 Å². The summed E-state index contributed by atoms with van der Waals surface area (Å²) >= 11 is 1.34. The van der Waals surface area contributed by atoms with E-state index in [1.165, 1.54) is 11.3 Å². The molecular weight excluding hydrogens is 314 g/mol. The Balaban J connectivity index is 1.58. The highest BCUT2D eigenvalue weighted by Gasteiger charge is 2.10. The molecule has 0 saturated heterocycles. The molecule has 23 heavy (non-hydrogen) atoms. The minimum absolute atomic E-state index is 0.172. The van der Waals surface area contributed by atoms with Gasteiger partial charge >= 0.3 is 6.03 Å². The molecule has 0 aliphatic rings. The smallest absolute Gasteiger partial charge is 0.321 e. The van der Waals surface area contributed by atoms with Crippen LogP contribution in [0, 0.1) is 0 Å². The quantitative estimate of drug-likeness (QED) is 0.686. The van der Waals surface area contributed by atoms with Gasteiger partial charge in [0.2, 0.25) is 0 Å². The molecule has 7 nitrogen and oxygen atoms in total. The third-order valence-electron chi connectivity index (χ3n) is 3.17. The van der Waals surface area contributed by atoms with Gasteiger partial charge in [0.1, 0.15) is 11.4 Å². The van der Waals surface area contributed by atoms with Crippen LogP contribution < -0.4 is 10.6 Å². The molecule has 0 radical (unpaired) electrons. The number of nitrogens with zero attached hydrogens (tertiary/aromatic N) is 3. The highest BCUT2D eigenvalue weighted by atomic mass is 32.1. The fraction of sp³-hybridized carbons (Fsp3) is 0.133. The SMILES string of the molecule is Cn1nccc1-c1csc(NC(=O)NCc2cccc(O)c2)n1. The van der Waals surface area contributed by atoms with Crippen molar-refractivity contribution in [2.75, 3.05) is 5.32 Å². The second-order valence-corrected chi connectivity index (χ2v) is 5.71. The number of benzene rings is 1. The minimum atomic E-state index is -0.348. The van der Waals surface area contributed by atoms with Gasteiger partial charge in [0.05, 0.1) is 5.69 Å². The van der Waals surface area contributed by atoms with E-state index in [1.807, 2.05) is 24.6 Å². The zero-order valence-electron chi connectivity index (χ0n) is 12.4. The van der Waals surface area contributed by atoms with Crippen molar-refractivity contribution >= 4 is 22.5 Å². The average molecular weight is 329 g/mol. The lowest BCUT2D eigenvalue weighted by molar-refractivity contribution is 0.251.